The summed E-state index contributed by atoms with van der Waals surface area (Å²) >= 11 is 0. The SMILES string of the molecule is CCOCC1CCN(c2ccc(C[C@H](NC(=O)OC(C)(C)C)C(=O)N(c3ccc(C(=O)O)cc3)C(C)(C)C)cc2)C(=O)C1. The minimum Gasteiger partial charge on any atom is -0.478 e. The van der Waals surface area contributed by atoms with Crippen LogP contribution in [0.15, 0.2) is 48.5 Å². The molecular formula is C33H45N3O7. The van der Waals surface area contributed by atoms with E-state index in [0.717, 1.165) is 17.7 Å². The number of amides is 3. The number of anilines is 2. The van der Waals surface area contributed by atoms with Crippen LogP contribution in [0.2, 0.25) is 0 Å². The molecule has 43 heavy (non-hydrogen) atoms. The first kappa shape index (κ1) is 33.6. The summed E-state index contributed by atoms with van der Waals surface area (Å²) in [4.78, 5) is 54.6. The van der Waals surface area contributed by atoms with Crippen LogP contribution in [0, 0.1) is 5.92 Å². The van der Waals surface area contributed by atoms with Gasteiger partial charge < -0.3 is 29.7 Å². The first-order chi connectivity index (χ1) is 20.1. The normalized spacial score (nSPS) is 16.4. The molecule has 0 bridgehead atoms. The van der Waals surface area contributed by atoms with Gasteiger partial charge in [-0.25, -0.2) is 9.59 Å². The van der Waals surface area contributed by atoms with Crippen LogP contribution in [-0.4, -0.2) is 65.9 Å². The number of hydrogen-bond acceptors (Lipinski definition) is 6. The number of alkyl carbamates (subject to hydrolysis) is 1. The zero-order chi connectivity index (χ0) is 31.9. The largest absolute Gasteiger partial charge is 0.478 e. The molecule has 234 valence electrons. The molecule has 1 unspecified atom stereocenters. The number of nitrogens with one attached hydrogen (secondary N) is 1. The molecule has 3 amide bonds. The van der Waals surface area contributed by atoms with Crippen LogP contribution in [0.4, 0.5) is 16.2 Å². The molecular weight excluding hydrogens is 550 g/mol. The molecule has 1 fully saturated rings. The lowest BCUT2D eigenvalue weighted by Crippen LogP contribution is -2.56. The lowest BCUT2D eigenvalue weighted by molar-refractivity contribution is -0.122. The Hall–Kier alpha value is -3.92. The molecule has 0 spiro atoms. The number of aromatic carboxylic acids is 1. The molecule has 1 saturated heterocycles. The smallest absolute Gasteiger partial charge is 0.408 e. The van der Waals surface area contributed by atoms with Gasteiger partial charge in [0, 0.05) is 49.5 Å². The quantitative estimate of drug-likeness (QED) is 0.375. The summed E-state index contributed by atoms with van der Waals surface area (Å²) in [6.45, 7) is 14.6. The third-order valence-corrected chi connectivity index (χ3v) is 7.02. The maximum Gasteiger partial charge on any atom is 0.408 e. The van der Waals surface area contributed by atoms with Crippen LogP contribution >= 0.6 is 0 Å². The van der Waals surface area contributed by atoms with Gasteiger partial charge in [-0.15, -0.1) is 0 Å². The molecule has 1 aliphatic rings. The van der Waals surface area contributed by atoms with E-state index in [9.17, 15) is 24.3 Å². The molecule has 2 aromatic carbocycles. The van der Waals surface area contributed by atoms with Gasteiger partial charge in [-0.2, -0.15) is 0 Å². The van der Waals surface area contributed by atoms with Gasteiger partial charge >= 0.3 is 12.1 Å². The summed E-state index contributed by atoms with van der Waals surface area (Å²) in [7, 11) is 0. The van der Waals surface area contributed by atoms with Crippen molar-refractivity contribution in [3.63, 3.8) is 0 Å². The minimum absolute atomic E-state index is 0.0538. The predicted octanol–water partition coefficient (Wildman–Crippen LogP) is 5.43. The second-order valence-electron chi connectivity index (χ2n) is 12.8. The van der Waals surface area contributed by atoms with Gasteiger partial charge in [0.25, 0.3) is 5.91 Å². The van der Waals surface area contributed by atoms with Crippen molar-refractivity contribution in [3.8, 4) is 0 Å². The molecule has 2 atom stereocenters. The minimum atomic E-state index is -1.07. The number of hydrogen-bond donors (Lipinski definition) is 2. The highest BCUT2D eigenvalue weighted by Gasteiger charge is 2.35. The number of carboxylic acids is 1. The van der Waals surface area contributed by atoms with Crippen molar-refractivity contribution < 1.29 is 33.8 Å². The van der Waals surface area contributed by atoms with Crippen molar-refractivity contribution in [2.45, 2.75) is 84.9 Å². The first-order valence-corrected chi connectivity index (χ1v) is 14.7. The van der Waals surface area contributed by atoms with Crippen molar-refractivity contribution in [1.29, 1.82) is 0 Å². The van der Waals surface area contributed by atoms with E-state index in [2.05, 4.69) is 5.32 Å². The van der Waals surface area contributed by atoms with Crippen molar-refractivity contribution in [2.75, 3.05) is 29.6 Å². The maximum absolute atomic E-state index is 14.2. The molecule has 1 heterocycles. The number of carbonyl (C=O) groups excluding carboxylic acids is 3. The molecule has 0 aliphatic carbocycles. The van der Waals surface area contributed by atoms with Gasteiger partial charge in [0.15, 0.2) is 0 Å². The van der Waals surface area contributed by atoms with Crippen LogP contribution in [0.1, 0.15) is 77.2 Å². The predicted molar refractivity (Wildman–Crippen MR) is 166 cm³/mol. The summed E-state index contributed by atoms with van der Waals surface area (Å²) in [6, 6.07) is 12.5. The fourth-order valence-corrected chi connectivity index (χ4v) is 5.05. The molecule has 1 aliphatic heterocycles. The third kappa shape index (κ3) is 9.54. The van der Waals surface area contributed by atoms with Gasteiger partial charge in [0.05, 0.1) is 5.56 Å². The molecule has 10 nitrogen and oxygen atoms in total. The van der Waals surface area contributed by atoms with Crippen LogP contribution in [-0.2, 0) is 25.5 Å². The van der Waals surface area contributed by atoms with Gasteiger partial charge in [-0.3, -0.25) is 9.59 Å². The highest BCUT2D eigenvalue weighted by atomic mass is 16.6. The van der Waals surface area contributed by atoms with Crippen LogP contribution < -0.4 is 15.1 Å². The van der Waals surface area contributed by atoms with Crippen molar-refractivity contribution in [1.82, 2.24) is 5.32 Å². The number of piperidine rings is 1. The molecule has 0 saturated carbocycles. The fraction of sp³-hybridized carbons (Fsp3) is 0.515. The summed E-state index contributed by atoms with van der Waals surface area (Å²) in [6.07, 6.45) is 0.745. The average molecular weight is 596 g/mol. The van der Waals surface area contributed by atoms with Crippen molar-refractivity contribution >= 4 is 35.3 Å². The van der Waals surface area contributed by atoms with Crippen LogP contribution in [0.5, 0.6) is 0 Å². The average Bonchev–Trinajstić information content (AvgIpc) is 2.90. The van der Waals surface area contributed by atoms with E-state index >= 15 is 0 Å². The fourth-order valence-electron chi connectivity index (χ4n) is 5.05. The van der Waals surface area contributed by atoms with Crippen LogP contribution in [0.25, 0.3) is 0 Å². The van der Waals surface area contributed by atoms with E-state index in [-0.39, 0.29) is 29.7 Å². The number of benzene rings is 2. The molecule has 0 aromatic heterocycles. The number of carbonyl (C=O) groups is 4. The van der Waals surface area contributed by atoms with E-state index in [4.69, 9.17) is 9.47 Å². The Bertz CT molecular complexity index is 1280. The van der Waals surface area contributed by atoms with Gasteiger partial charge in [-0.05, 0) is 103 Å². The summed E-state index contributed by atoms with van der Waals surface area (Å²) in [5.41, 5.74) is 0.700. The summed E-state index contributed by atoms with van der Waals surface area (Å²) < 4.78 is 11.0. The van der Waals surface area contributed by atoms with E-state index in [1.54, 1.807) is 42.7 Å². The maximum atomic E-state index is 14.2. The van der Waals surface area contributed by atoms with Crippen molar-refractivity contribution in [2.24, 2.45) is 5.92 Å². The Balaban J connectivity index is 1.85. The molecule has 2 N–H and O–H groups in total. The highest BCUT2D eigenvalue weighted by molar-refractivity contribution is 6.00. The number of ether oxygens (including phenoxy) is 2. The number of rotatable bonds is 10. The second-order valence-corrected chi connectivity index (χ2v) is 12.8. The Morgan fingerprint density at radius 3 is 2.16 bits per heavy atom. The number of carboxylic acid groups (broad SMARTS) is 1. The lowest BCUT2D eigenvalue weighted by atomic mass is 9.96. The van der Waals surface area contributed by atoms with Gasteiger partial charge in [0.2, 0.25) is 5.91 Å². The zero-order valence-corrected chi connectivity index (χ0v) is 26.3. The van der Waals surface area contributed by atoms with Gasteiger partial charge in [0.1, 0.15) is 11.6 Å². The second kappa shape index (κ2) is 14.0. The molecule has 3 rings (SSSR count). The Kier molecular flexibility index (Phi) is 11.0. The topological polar surface area (TPSA) is 125 Å². The lowest BCUT2D eigenvalue weighted by Gasteiger charge is -2.38. The Morgan fingerprint density at radius 1 is 1.02 bits per heavy atom. The first-order valence-electron chi connectivity index (χ1n) is 14.7. The zero-order valence-electron chi connectivity index (χ0n) is 26.3. The van der Waals surface area contributed by atoms with E-state index < -0.39 is 29.2 Å². The molecule has 10 heteroatoms. The Morgan fingerprint density at radius 2 is 1.65 bits per heavy atom. The monoisotopic (exact) mass is 595 g/mol. The molecule has 0 radical (unpaired) electrons. The standard InChI is InChI=1S/C33H45N3O7/c1-8-42-21-23-17-18-35(28(37)20-23)25-13-9-22(10-14-25)19-27(34-31(41)43-33(5,6)7)29(38)36(32(2,3)4)26-15-11-24(12-16-26)30(39)40/h9-16,23,27H,8,17-21H2,1-7H3,(H,34,41)(H,39,40)/t23?,27-/m0/s1. The van der Waals surface area contributed by atoms with E-state index in [1.807, 2.05) is 52.0 Å². The van der Waals surface area contributed by atoms with Gasteiger partial charge in [-0.1, -0.05) is 12.1 Å². The highest BCUT2D eigenvalue weighted by Crippen LogP contribution is 2.28. The van der Waals surface area contributed by atoms with Crippen LogP contribution in [0.3, 0.4) is 0 Å². The van der Waals surface area contributed by atoms with E-state index in [0.29, 0.717) is 31.9 Å². The number of nitrogens with zero attached hydrogens (tertiary/aromatic N) is 2. The third-order valence-electron chi connectivity index (χ3n) is 7.02. The summed E-state index contributed by atoms with van der Waals surface area (Å²) in [5, 5.41) is 12.1. The summed E-state index contributed by atoms with van der Waals surface area (Å²) in [5.74, 6) is -1.17. The van der Waals surface area contributed by atoms with E-state index in [1.165, 1.54) is 12.1 Å². The molecule has 2 aromatic rings. The Labute approximate surface area is 254 Å². The van der Waals surface area contributed by atoms with Crippen molar-refractivity contribution in [3.05, 3.63) is 59.7 Å².